The lowest BCUT2D eigenvalue weighted by atomic mass is 9.52. The highest BCUT2D eigenvalue weighted by Gasteiger charge is 2.51. The van der Waals surface area contributed by atoms with E-state index in [-0.39, 0.29) is 29.4 Å². The predicted molar refractivity (Wildman–Crippen MR) is 101 cm³/mol. The largest absolute Gasteiger partial charge is 0.452 e. The van der Waals surface area contributed by atoms with Crippen molar-refractivity contribution in [1.29, 1.82) is 0 Å². The van der Waals surface area contributed by atoms with Crippen molar-refractivity contribution in [2.75, 3.05) is 0 Å². The predicted octanol–water partition coefficient (Wildman–Crippen LogP) is 4.32. The molecule has 2 aromatic rings. The monoisotopic (exact) mass is 397 g/mol. The van der Waals surface area contributed by atoms with E-state index in [1.54, 1.807) is 19.1 Å². The maximum absolute atomic E-state index is 12.9. The molecular formula is C21H23N3O5. The van der Waals surface area contributed by atoms with Crippen LogP contribution in [0.15, 0.2) is 28.7 Å². The molecular weight excluding hydrogens is 374 g/mol. The summed E-state index contributed by atoms with van der Waals surface area (Å²) in [5.74, 6) is 2.87. The molecule has 29 heavy (non-hydrogen) atoms. The molecule has 4 saturated carbocycles. The van der Waals surface area contributed by atoms with Crippen LogP contribution in [-0.2, 0) is 9.53 Å². The zero-order chi connectivity index (χ0) is 20.1. The van der Waals surface area contributed by atoms with Gasteiger partial charge in [-0.3, -0.25) is 14.9 Å². The Kier molecular flexibility index (Phi) is 4.37. The van der Waals surface area contributed by atoms with E-state index in [4.69, 9.17) is 9.15 Å². The third kappa shape index (κ3) is 3.30. The molecule has 0 spiro atoms. The summed E-state index contributed by atoms with van der Waals surface area (Å²) in [5, 5.41) is 18.8. The van der Waals surface area contributed by atoms with Crippen LogP contribution >= 0.6 is 0 Å². The lowest BCUT2D eigenvalue weighted by Crippen LogP contribution is -2.48. The van der Waals surface area contributed by atoms with Crippen LogP contribution in [-0.4, -0.2) is 21.1 Å². The molecule has 1 heterocycles. The summed E-state index contributed by atoms with van der Waals surface area (Å²) in [6.07, 6.45) is 5.35. The van der Waals surface area contributed by atoms with E-state index < -0.39 is 11.0 Å². The van der Waals surface area contributed by atoms with Crippen molar-refractivity contribution in [2.45, 2.75) is 45.1 Å². The minimum atomic E-state index is -0.626. The molecule has 8 heteroatoms. The molecule has 1 aromatic carbocycles. The van der Waals surface area contributed by atoms with Gasteiger partial charge in [-0.25, -0.2) is 0 Å². The van der Waals surface area contributed by atoms with Gasteiger partial charge in [-0.2, -0.15) is 0 Å². The maximum Gasteiger partial charge on any atom is 0.310 e. The van der Waals surface area contributed by atoms with Crippen LogP contribution in [0.2, 0.25) is 0 Å². The van der Waals surface area contributed by atoms with Crippen LogP contribution in [0.1, 0.15) is 51.0 Å². The number of carbonyl (C=O) groups is 1. The Labute approximate surface area is 167 Å². The molecule has 0 N–H and O–H groups in total. The second-order valence-electron chi connectivity index (χ2n) is 8.79. The smallest absolute Gasteiger partial charge is 0.310 e. The quantitative estimate of drug-likeness (QED) is 0.420. The first-order chi connectivity index (χ1) is 14.0. The van der Waals surface area contributed by atoms with Crippen LogP contribution in [0, 0.1) is 39.7 Å². The molecule has 4 bridgehead atoms. The van der Waals surface area contributed by atoms with Crippen molar-refractivity contribution in [2.24, 2.45) is 29.6 Å². The van der Waals surface area contributed by atoms with Gasteiger partial charge in [-0.1, -0.05) is 0 Å². The fourth-order valence-electron chi connectivity index (χ4n) is 5.85. The van der Waals surface area contributed by atoms with Gasteiger partial charge in [-0.05, 0) is 74.8 Å². The second-order valence-corrected chi connectivity index (χ2v) is 8.79. The average molecular weight is 397 g/mol. The molecule has 152 valence electrons. The van der Waals surface area contributed by atoms with Gasteiger partial charge >= 0.3 is 5.97 Å². The first-order valence-corrected chi connectivity index (χ1v) is 10.3. The van der Waals surface area contributed by atoms with Crippen LogP contribution in [0.25, 0.3) is 11.5 Å². The van der Waals surface area contributed by atoms with Crippen molar-refractivity contribution in [3.8, 4) is 11.5 Å². The highest BCUT2D eigenvalue weighted by Crippen LogP contribution is 2.56. The summed E-state index contributed by atoms with van der Waals surface area (Å²) in [4.78, 5) is 23.2. The number of esters is 1. The Bertz CT molecular complexity index is 910. The summed E-state index contributed by atoms with van der Waals surface area (Å²) < 4.78 is 11.4. The summed E-state index contributed by atoms with van der Waals surface area (Å²) in [6, 6.07) is 5.88. The number of nitrogens with zero attached hydrogens (tertiary/aromatic N) is 3. The number of benzene rings is 1. The molecule has 4 aliphatic rings. The van der Waals surface area contributed by atoms with Gasteiger partial charge in [0.25, 0.3) is 11.6 Å². The van der Waals surface area contributed by atoms with Gasteiger partial charge in [0.05, 0.1) is 10.8 Å². The van der Waals surface area contributed by atoms with Crippen molar-refractivity contribution in [1.82, 2.24) is 10.2 Å². The molecule has 1 aromatic heterocycles. The second kappa shape index (κ2) is 6.93. The fraction of sp³-hybridized carbons (Fsp3) is 0.571. The normalized spacial score (nSPS) is 30.9. The van der Waals surface area contributed by atoms with E-state index >= 15 is 0 Å². The van der Waals surface area contributed by atoms with Crippen molar-refractivity contribution >= 4 is 11.7 Å². The third-order valence-corrected chi connectivity index (χ3v) is 6.91. The van der Waals surface area contributed by atoms with Gasteiger partial charge in [0.1, 0.15) is 0 Å². The number of hydrogen-bond donors (Lipinski definition) is 0. The summed E-state index contributed by atoms with van der Waals surface area (Å²) in [7, 11) is 0. The summed E-state index contributed by atoms with van der Waals surface area (Å²) >= 11 is 0. The minimum absolute atomic E-state index is 0.00214. The minimum Gasteiger partial charge on any atom is -0.452 e. The van der Waals surface area contributed by atoms with Gasteiger partial charge in [0, 0.05) is 17.7 Å². The van der Waals surface area contributed by atoms with E-state index in [1.165, 1.54) is 18.6 Å². The maximum atomic E-state index is 12.9. The molecule has 4 fully saturated rings. The number of nitro benzene ring substituents is 1. The molecule has 1 atom stereocenters. The zero-order valence-corrected chi connectivity index (χ0v) is 16.2. The number of carbonyl (C=O) groups excluding carboxylic acids is 1. The summed E-state index contributed by atoms with van der Waals surface area (Å²) in [6.45, 7) is 1.74. The average Bonchev–Trinajstić information content (AvgIpc) is 3.17. The molecule has 8 nitrogen and oxygen atoms in total. The van der Waals surface area contributed by atoms with Crippen LogP contribution < -0.4 is 0 Å². The van der Waals surface area contributed by atoms with Crippen LogP contribution in [0.3, 0.4) is 0 Å². The summed E-state index contributed by atoms with van der Waals surface area (Å²) in [5.41, 5.74) is 0.570. The first-order valence-electron chi connectivity index (χ1n) is 10.3. The van der Waals surface area contributed by atoms with Gasteiger partial charge in [0.15, 0.2) is 6.10 Å². The Morgan fingerprint density at radius 2 is 1.72 bits per heavy atom. The standard InChI is InChI=1S/C21H23N3O5/c1-11(19-22-23-20(29-19)14-2-4-17(5-3-14)24(26)27)28-21(25)18-15-7-12-6-13(9-15)10-16(18)8-12/h2-5,11-13,15-16,18H,6-10H2,1H3/t11-,12?,13?,15?,16?,18?/m1/s1. The van der Waals surface area contributed by atoms with Crippen molar-refractivity contribution in [3.05, 3.63) is 40.3 Å². The van der Waals surface area contributed by atoms with Crippen molar-refractivity contribution in [3.63, 3.8) is 0 Å². The highest BCUT2D eigenvalue weighted by atomic mass is 16.6. The van der Waals surface area contributed by atoms with Crippen LogP contribution in [0.4, 0.5) is 5.69 Å². The number of aromatic nitrogens is 2. The Balaban J connectivity index is 1.26. The third-order valence-electron chi connectivity index (χ3n) is 6.91. The van der Waals surface area contributed by atoms with Gasteiger partial charge < -0.3 is 9.15 Å². The topological polar surface area (TPSA) is 108 Å². The SMILES string of the molecule is C[C@@H](OC(=O)C1C2CC3CC(C2)CC1C3)c1nnc(-c2ccc([N+](=O)[O-])cc2)o1. The van der Waals surface area contributed by atoms with Gasteiger partial charge in [-0.15, -0.1) is 10.2 Å². The molecule has 0 saturated heterocycles. The van der Waals surface area contributed by atoms with E-state index in [2.05, 4.69) is 10.2 Å². The van der Waals surface area contributed by atoms with Crippen molar-refractivity contribution < 1.29 is 18.9 Å². The molecule has 0 aliphatic heterocycles. The van der Waals surface area contributed by atoms with Crippen LogP contribution in [0.5, 0.6) is 0 Å². The number of ether oxygens (including phenoxy) is 1. The van der Waals surface area contributed by atoms with E-state index in [9.17, 15) is 14.9 Å². The number of non-ortho nitro benzene ring substituents is 1. The molecule has 0 unspecified atom stereocenters. The Hall–Kier alpha value is -2.77. The Morgan fingerprint density at radius 3 is 2.31 bits per heavy atom. The lowest BCUT2D eigenvalue weighted by molar-refractivity contribution is -0.384. The molecule has 4 aliphatic carbocycles. The first kappa shape index (κ1) is 18.3. The Morgan fingerprint density at radius 1 is 1.10 bits per heavy atom. The molecule has 6 rings (SSSR count). The number of hydrogen-bond acceptors (Lipinski definition) is 7. The lowest BCUT2D eigenvalue weighted by Gasteiger charge is -2.53. The van der Waals surface area contributed by atoms with E-state index in [1.807, 2.05) is 0 Å². The fourth-order valence-corrected chi connectivity index (χ4v) is 5.85. The zero-order valence-electron chi connectivity index (χ0n) is 16.2. The number of nitro groups is 1. The molecule has 0 amide bonds. The molecule has 0 radical (unpaired) electrons. The van der Waals surface area contributed by atoms with Gasteiger partial charge in [0.2, 0.25) is 5.89 Å². The van der Waals surface area contributed by atoms with E-state index in [0.29, 0.717) is 17.4 Å². The number of rotatable bonds is 5. The highest BCUT2D eigenvalue weighted by molar-refractivity contribution is 5.74. The van der Waals surface area contributed by atoms with E-state index in [0.717, 1.165) is 37.5 Å².